The van der Waals surface area contributed by atoms with Gasteiger partial charge in [0.2, 0.25) is 0 Å². The second-order valence-electron chi connectivity index (χ2n) is 5.10. The molecule has 0 unspecified atom stereocenters. The molecule has 3 N–H and O–H groups in total. The molecule has 5 nitrogen and oxygen atoms in total. The maximum Gasteiger partial charge on any atom is 0.170 e. The average molecular weight is 330 g/mol. The molecule has 0 aliphatic heterocycles. The van der Waals surface area contributed by atoms with E-state index in [0.717, 1.165) is 36.8 Å². The molecule has 0 amide bonds. The van der Waals surface area contributed by atoms with E-state index in [9.17, 15) is 0 Å². The summed E-state index contributed by atoms with van der Waals surface area (Å²) in [6.07, 6.45) is 2.67. The van der Waals surface area contributed by atoms with E-state index >= 15 is 0 Å². The molecular formula is C17H22N4OS. The minimum absolute atomic E-state index is 0.586. The van der Waals surface area contributed by atoms with Crippen molar-refractivity contribution in [3.63, 3.8) is 0 Å². The third-order valence-corrected chi connectivity index (χ3v) is 3.49. The second kappa shape index (κ2) is 9.07. The first kappa shape index (κ1) is 17.2. The lowest BCUT2D eigenvalue weighted by atomic mass is 10.2. The van der Waals surface area contributed by atoms with Crippen LogP contribution >= 0.6 is 12.2 Å². The fourth-order valence-corrected chi connectivity index (χ4v) is 2.21. The van der Waals surface area contributed by atoms with Gasteiger partial charge in [0.15, 0.2) is 5.11 Å². The lowest BCUT2D eigenvalue weighted by molar-refractivity contribution is 0.196. The molecule has 23 heavy (non-hydrogen) atoms. The van der Waals surface area contributed by atoms with Gasteiger partial charge in [0.05, 0.1) is 11.9 Å². The van der Waals surface area contributed by atoms with E-state index in [4.69, 9.17) is 17.0 Å². The quantitative estimate of drug-likeness (QED) is 0.534. The summed E-state index contributed by atoms with van der Waals surface area (Å²) < 4.78 is 4.99. The normalized spacial score (nSPS) is 10.2. The first-order chi connectivity index (χ1) is 11.2. The van der Waals surface area contributed by atoms with Crippen molar-refractivity contribution in [1.82, 2.24) is 10.3 Å². The molecule has 1 aromatic heterocycles. The molecule has 0 atom stereocenters. The third-order valence-electron chi connectivity index (χ3n) is 3.24. The number of pyridine rings is 1. The van der Waals surface area contributed by atoms with Crippen LogP contribution in [0.2, 0.25) is 0 Å². The molecule has 0 aliphatic rings. The largest absolute Gasteiger partial charge is 0.385 e. The summed E-state index contributed by atoms with van der Waals surface area (Å²) >= 11 is 5.23. The summed E-state index contributed by atoms with van der Waals surface area (Å²) in [6.45, 7) is 3.56. The molecule has 2 aromatic rings. The van der Waals surface area contributed by atoms with Crippen LogP contribution in [0.25, 0.3) is 0 Å². The van der Waals surface area contributed by atoms with Crippen LogP contribution < -0.4 is 16.0 Å². The zero-order chi connectivity index (χ0) is 16.5. The Morgan fingerprint density at radius 3 is 2.74 bits per heavy atom. The zero-order valence-electron chi connectivity index (χ0n) is 13.4. The number of benzene rings is 1. The van der Waals surface area contributed by atoms with Crippen LogP contribution in [0.3, 0.4) is 0 Å². The van der Waals surface area contributed by atoms with Crippen LogP contribution in [0, 0.1) is 6.92 Å². The van der Waals surface area contributed by atoms with Crippen LogP contribution in [0.15, 0.2) is 42.6 Å². The van der Waals surface area contributed by atoms with Crippen molar-refractivity contribution in [1.29, 1.82) is 0 Å². The summed E-state index contributed by atoms with van der Waals surface area (Å²) in [5.41, 5.74) is 3.08. The number of hydrogen-bond acceptors (Lipinski definition) is 4. The van der Waals surface area contributed by atoms with Gasteiger partial charge in [0.25, 0.3) is 0 Å². The minimum atomic E-state index is 0.586. The van der Waals surface area contributed by atoms with Gasteiger partial charge in [-0.05, 0) is 49.3 Å². The maximum absolute atomic E-state index is 5.23. The number of rotatable bonds is 7. The number of anilines is 3. The van der Waals surface area contributed by atoms with Gasteiger partial charge in [-0.1, -0.05) is 18.2 Å². The molecule has 0 radical (unpaired) electrons. The van der Waals surface area contributed by atoms with Gasteiger partial charge in [-0.2, -0.15) is 0 Å². The third kappa shape index (κ3) is 5.84. The van der Waals surface area contributed by atoms with Gasteiger partial charge >= 0.3 is 0 Å². The van der Waals surface area contributed by atoms with E-state index in [1.807, 2.05) is 30.3 Å². The monoisotopic (exact) mass is 330 g/mol. The lowest BCUT2D eigenvalue weighted by Gasteiger charge is -2.11. The van der Waals surface area contributed by atoms with Crippen LogP contribution in [-0.2, 0) is 4.74 Å². The molecule has 1 heterocycles. The first-order valence-corrected chi connectivity index (χ1v) is 7.92. The Bertz CT molecular complexity index is 631. The van der Waals surface area contributed by atoms with E-state index in [0.29, 0.717) is 5.11 Å². The summed E-state index contributed by atoms with van der Waals surface area (Å²) in [6, 6.07) is 12.0. The summed E-state index contributed by atoms with van der Waals surface area (Å²) in [4.78, 5) is 4.40. The van der Waals surface area contributed by atoms with E-state index < -0.39 is 0 Å². The number of hydrogen-bond donors (Lipinski definition) is 3. The van der Waals surface area contributed by atoms with Crippen LogP contribution in [0.4, 0.5) is 17.2 Å². The van der Waals surface area contributed by atoms with Gasteiger partial charge in [0.1, 0.15) is 5.82 Å². The molecule has 0 saturated heterocycles. The first-order valence-electron chi connectivity index (χ1n) is 7.51. The number of ether oxygens (including phenoxy) is 1. The van der Waals surface area contributed by atoms with Crippen molar-refractivity contribution in [2.75, 3.05) is 30.9 Å². The van der Waals surface area contributed by atoms with Crippen molar-refractivity contribution in [3.8, 4) is 0 Å². The van der Waals surface area contributed by atoms with Crippen LogP contribution in [0.5, 0.6) is 0 Å². The van der Waals surface area contributed by atoms with Crippen LogP contribution in [0.1, 0.15) is 12.0 Å². The predicted octanol–water partition coefficient (Wildman–Crippen LogP) is 3.46. The number of methoxy groups -OCH3 is 1. The average Bonchev–Trinajstić information content (AvgIpc) is 2.55. The lowest BCUT2D eigenvalue weighted by Crippen LogP contribution is -2.29. The Hall–Kier alpha value is -2.18. The number of nitrogens with zero attached hydrogens (tertiary/aromatic N) is 1. The fourth-order valence-electron chi connectivity index (χ4n) is 1.99. The Balaban J connectivity index is 1.85. The van der Waals surface area contributed by atoms with E-state index in [-0.39, 0.29) is 0 Å². The van der Waals surface area contributed by atoms with E-state index in [2.05, 4.69) is 33.9 Å². The summed E-state index contributed by atoms with van der Waals surface area (Å²) in [5, 5.41) is 10.1. The highest BCUT2D eigenvalue weighted by atomic mass is 32.1. The Kier molecular flexibility index (Phi) is 6.77. The topological polar surface area (TPSA) is 58.2 Å². The van der Waals surface area contributed by atoms with Crippen molar-refractivity contribution in [3.05, 3.63) is 48.2 Å². The fraction of sp³-hybridized carbons (Fsp3) is 0.294. The SMILES string of the molecule is COCCCNC(=S)Nc1ccc(Nc2ccccc2C)nc1. The van der Waals surface area contributed by atoms with Crippen molar-refractivity contribution < 1.29 is 4.74 Å². The summed E-state index contributed by atoms with van der Waals surface area (Å²) in [5.74, 6) is 0.795. The van der Waals surface area contributed by atoms with Crippen molar-refractivity contribution >= 4 is 34.5 Å². The summed E-state index contributed by atoms with van der Waals surface area (Å²) in [7, 11) is 1.69. The molecule has 0 bridgehead atoms. The highest BCUT2D eigenvalue weighted by Crippen LogP contribution is 2.19. The Morgan fingerprint density at radius 1 is 1.22 bits per heavy atom. The molecule has 6 heteroatoms. The highest BCUT2D eigenvalue weighted by Gasteiger charge is 2.01. The molecule has 0 spiro atoms. The second-order valence-corrected chi connectivity index (χ2v) is 5.51. The number of para-hydroxylation sites is 1. The van der Waals surface area contributed by atoms with Gasteiger partial charge in [-0.15, -0.1) is 0 Å². The molecular weight excluding hydrogens is 308 g/mol. The zero-order valence-corrected chi connectivity index (χ0v) is 14.2. The van der Waals surface area contributed by atoms with Gasteiger partial charge in [0, 0.05) is 25.9 Å². The molecule has 0 fully saturated rings. The van der Waals surface area contributed by atoms with E-state index in [1.54, 1.807) is 13.3 Å². The number of aromatic nitrogens is 1. The predicted molar refractivity (Wildman–Crippen MR) is 99.4 cm³/mol. The van der Waals surface area contributed by atoms with E-state index in [1.165, 1.54) is 5.56 Å². The Labute approximate surface area is 142 Å². The van der Waals surface area contributed by atoms with Crippen molar-refractivity contribution in [2.45, 2.75) is 13.3 Å². The number of aryl methyl sites for hydroxylation is 1. The molecule has 0 aliphatic carbocycles. The minimum Gasteiger partial charge on any atom is -0.385 e. The highest BCUT2D eigenvalue weighted by molar-refractivity contribution is 7.80. The maximum atomic E-state index is 5.23. The molecule has 2 rings (SSSR count). The molecule has 1 aromatic carbocycles. The van der Waals surface area contributed by atoms with Crippen molar-refractivity contribution in [2.24, 2.45) is 0 Å². The van der Waals surface area contributed by atoms with Gasteiger partial charge in [-0.25, -0.2) is 4.98 Å². The molecule has 122 valence electrons. The van der Waals surface area contributed by atoms with Gasteiger partial charge in [-0.3, -0.25) is 0 Å². The number of thiocarbonyl (C=S) groups is 1. The Morgan fingerprint density at radius 2 is 2.04 bits per heavy atom. The number of nitrogens with one attached hydrogen (secondary N) is 3. The molecule has 0 saturated carbocycles. The van der Waals surface area contributed by atoms with Gasteiger partial charge < -0.3 is 20.7 Å². The standard InChI is InChI=1S/C17H22N4OS/c1-13-6-3-4-7-15(13)21-16-9-8-14(12-19-16)20-17(23)18-10-5-11-22-2/h3-4,6-9,12H,5,10-11H2,1-2H3,(H,19,21)(H2,18,20,23). The van der Waals surface area contributed by atoms with Crippen LogP contribution in [-0.4, -0.2) is 30.4 Å². The smallest absolute Gasteiger partial charge is 0.170 e.